The van der Waals surface area contributed by atoms with Crippen LogP contribution in [0.25, 0.3) is 0 Å². The Bertz CT molecular complexity index is 699. The molecule has 0 aromatic heterocycles. The van der Waals surface area contributed by atoms with E-state index in [1.807, 2.05) is 25.1 Å². The summed E-state index contributed by atoms with van der Waals surface area (Å²) in [5.74, 6) is 0.296. The van der Waals surface area contributed by atoms with Gasteiger partial charge in [-0.15, -0.1) is 11.6 Å². The van der Waals surface area contributed by atoms with Crippen LogP contribution in [0.4, 0.5) is 5.69 Å². The number of nitro groups is 1. The van der Waals surface area contributed by atoms with Gasteiger partial charge < -0.3 is 0 Å². The molecule has 0 saturated carbocycles. The van der Waals surface area contributed by atoms with Crippen LogP contribution in [0.2, 0.25) is 0 Å². The van der Waals surface area contributed by atoms with Gasteiger partial charge in [-0.25, -0.2) is 0 Å². The van der Waals surface area contributed by atoms with Crippen LogP contribution in [0, 0.1) is 23.0 Å². The predicted molar refractivity (Wildman–Crippen MR) is 83.8 cm³/mol. The number of nitrogens with zero attached hydrogens (tertiary/aromatic N) is 1. The number of halogens is 1. The molecule has 0 fully saturated rings. The van der Waals surface area contributed by atoms with Gasteiger partial charge in [0.25, 0.3) is 5.69 Å². The summed E-state index contributed by atoms with van der Waals surface area (Å²) >= 11 is 6.58. The summed E-state index contributed by atoms with van der Waals surface area (Å²) < 4.78 is 0. The summed E-state index contributed by atoms with van der Waals surface area (Å²) in [5.41, 5.74) is 4.46. The third kappa shape index (κ3) is 2.54. The largest absolute Gasteiger partial charge is 0.272 e. The Labute approximate surface area is 128 Å². The van der Waals surface area contributed by atoms with Gasteiger partial charge in [0.2, 0.25) is 0 Å². The standard InChI is InChI=1S/C17H16ClNO2/c1-11-12(6-4-8-16(11)19(20)21)9-14-10-13-5-2-3-7-15(13)17(14)18/h2-8,14,17H,9-10H2,1H3. The Kier molecular flexibility index (Phi) is 3.68. The summed E-state index contributed by atoms with van der Waals surface area (Å²) in [6, 6.07) is 13.5. The van der Waals surface area contributed by atoms with Gasteiger partial charge in [0.15, 0.2) is 0 Å². The highest BCUT2D eigenvalue weighted by Gasteiger charge is 2.31. The first-order chi connectivity index (χ1) is 10.1. The van der Waals surface area contributed by atoms with E-state index >= 15 is 0 Å². The minimum Gasteiger partial charge on any atom is -0.258 e. The monoisotopic (exact) mass is 301 g/mol. The number of alkyl halides is 1. The van der Waals surface area contributed by atoms with Crippen LogP contribution in [0.15, 0.2) is 42.5 Å². The van der Waals surface area contributed by atoms with E-state index < -0.39 is 0 Å². The van der Waals surface area contributed by atoms with Crippen molar-refractivity contribution in [2.75, 3.05) is 0 Å². The molecule has 0 amide bonds. The second-order valence-electron chi connectivity index (χ2n) is 5.59. The first kappa shape index (κ1) is 14.1. The molecule has 0 radical (unpaired) electrons. The topological polar surface area (TPSA) is 43.1 Å². The number of rotatable bonds is 3. The van der Waals surface area contributed by atoms with Gasteiger partial charge in [0.1, 0.15) is 0 Å². The number of hydrogen-bond donors (Lipinski definition) is 0. The molecule has 0 bridgehead atoms. The zero-order valence-electron chi connectivity index (χ0n) is 11.8. The Balaban J connectivity index is 1.86. The minimum absolute atomic E-state index is 0.0140. The predicted octanol–water partition coefficient (Wildman–Crippen LogP) is 4.60. The van der Waals surface area contributed by atoms with Gasteiger partial charge in [-0.3, -0.25) is 10.1 Å². The van der Waals surface area contributed by atoms with Crippen LogP contribution in [0.3, 0.4) is 0 Å². The fraction of sp³-hybridized carbons (Fsp3) is 0.294. The molecule has 0 spiro atoms. The van der Waals surface area contributed by atoms with Crippen molar-refractivity contribution in [3.05, 3.63) is 74.8 Å². The molecule has 0 N–H and O–H groups in total. The zero-order valence-corrected chi connectivity index (χ0v) is 12.5. The van der Waals surface area contributed by atoms with E-state index in [9.17, 15) is 10.1 Å². The highest BCUT2D eigenvalue weighted by atomic mass is 35.5. The molecular formula is C17H16ClNO2. The highest BCUT2D eigenvalue weighted by Crippen LogP contribution is 2.42. The van der Waals surface area contributed by atoms with Crippen molar-refractivity contribution in [3.63, 3.8) is 0 Å². The van der Waals surface area contributed by atoms with Crippen molar-refractivity contribution in [1.82, 2.24) is 0 Å². The Hall–Kier alpha value is -1.87. The van der Waals surface area contributed by atoms with Crippen LogP contribution in [-0.2, 0) is 12.8 Å². The van der Waals surface area contributed by atoms with Crippen molar-refractivity contribution < 1.29 is 4.92 Å². The van der Waals surface area contributed by atoms with Gasteiger partial charge in [0.05, 0.1) is 10.3 Å². The number of fused-ring (bicyclic) bond motifs is 1. The molecule has 3 rings (SSSR count). The van der Waals surface area contributed by atoms with Crippen molar-refractivity contribution in [3.8, 4) is 0 Å². The van der Waals surface area contributed by atoms with Crippen molar-refractivity contribution in [1.29, 1.82) is 0 Å². The van der Waals surface area contributed by atoms with Gasteiger partial charge in [-0.1, -0.05) is 36.4 Å². The van der Waals surface area contributed by atoms with Gasteiger partial charge >= 0.3 is 0 Å². The van der Waals surface area contributed by atoms with E-state index in [4.69, 9.17) is 11.6 Å². The molecule has 3 nitrogen and oxygen atoms in total. The van der Waals surface area contributed by atoms with E-state index in [1.165, 1.54) is 11.1 Å². The second-order valence-corrected chi connectivity index (χ2v) is 6.06. The molecule has 0 saturated heterocycles. The second kappa shape index (κ2) is 5.49. The molecule has 2 unspecified atom stereocenters. The van der Waals surface area contributed by atoms with Crippen LogP contribution in [0.5, 0.6) is 0 Å². The SMILES string of the molecule is Cc1c(CC2Cc3ccccc3C2Cl)cccc1[N+](=O)[O-]. The average molecular weight is 302 g/mol. The fourth-order valence-corrected chi connectivity index (χ4v) is 3.57. The molecule has 2 aromatic rings. The lowest BCUT2D eigenvalue weighted by Crippen LogP contribution is -2.08. The Morgan fingerprint density at radius 3 is 2.71 bits per heavy atom. The van der Waals surface area contributed by atoms with Crippen LogP contribution in [-0.4, -0.2) is 4.92 Å². The van der Waals surface area contributed by atoms with Crippen molar-refractivity contribution >= 4 is 17.3 Å². The molecule has 1 aliphatic rings. The van der Waals surface area contributed by atoms with E-state index in [0.29, 0.717) is 5.92 Å². The maximum absolute atomic E-state index is 11.0. The maximum Gasteiger partial charge on any atom is 0.272 e. The minimum atomic E-state index is -0.319. The maximum atomic E-state index is 11.0. The van der Waals surface area contributed by atoms with Crippen molar-refractivity contribution in [2.45, 2.75) is 25.1 Å². The average Bonchev–Trinajstić information content (AvgIpc) is 2.78. The fourth-order valence-electron chi connectivity index (χ4n) is 3.18. The van der Waals surface area contributed by atoms with E-state index in [2.05, 4.69) is 12.1 Å². The summed E-state index contributed by atoms with van der Waals surface area (Å²) in [7, 11) is 0. The highest BCUT2D eigenvalue weighted by molar-refractivity contribution is 6.21. The number of nitro benzene ring substituents is 1. The molecule has 108 valence electrons. The van der Waals surface area contributed by atoms with E-state index in [1.54, 1.807) is 12.1 Å². The Morgan fingerprint density at radius 2 is 2.00 bits per heavy atom. The first-order valence-corrected chi connectivity index (χ1v) is 7.46. The number of hydrogen-bond acceptors (Lipinski definition) is 2. The normalized spacial score (nSPS) is 20.3. The summed E-state index contributed by atoms with van der Waals surface area (Å²) in [6.07, 6.45) is 1.71. The van der Waals surface area contributed by atoms with Gasteiger partial charge in [-0.2, -0.15) is 0 Å². The van der Waals surface area contributed by atoms with E-state index in [-0.39, 0.29) is 16.0 Å². The molecule has 4 heteroatoms. The summed E-state index contributed by atoms with van der Waals surface area (Å²) in [4.78, 5) is 10.7. The Morgan fingerprint density at radius 1 is 1.24 bits per heavy atom. The molecule has 0 heterocycles. The third-order valence-electron chi connectivity index (χ3n) is 4.34. The molecule has 2 aromatic carbocycles. The van der Waals surface area contributed by atoms with Gasteiger partial charge in [-0.05, 0) is 42.4 Å². The number of benzene rings is 2. The zero-order chi connectivity index (χ0) is 15.0. The lowest BCUT2D eigenvalue weighted by Gasteiger charge is -2.15. The molecule has 0 aliphatic heterocycles. The third-order valence-corrected chi connectivity index (χ3v) is 4.94. The van der Waals surface area contributed by atoms with Crippen molar-refractivity contribution in [2.24, 2.45) is 5.92 Å². The van der Waals surface area contributed by atoms with Crippen LogP contribution < -0.4 is 0 Å². The van der Waals surface area contributed by atoms with Crippen LogP contribution >= 0.6 is 11.6 Å². The smallest absolute Gasteiger partial charge is 0.258 e. The lowest BCUT2D eigenvalue weighted by molar-refractivity contribution is -0.385. The molecular weight excluding hydrogens is 286 g/mol. The molecule has 21 heavy (non-hydrogen) atoms. The quantitative estimate of drug-likeness (QED) is 0.472. The van der Waals surface area contributed by atoms with Crippen LogP contribution in [0.1, 0.15) is 27.6 Å². The summed E-state index contributed by atoms with van der Waals surface area (Å²) in [5, 5.41) is 11.0. The summed E-state index contributed by atoms with van der Waals surface area (Å²) in [6.45, 7) is 1.82. The molecule has 1 aliphatic carbocycles. The molecule has 2 atom stereocenters. The first-order valence-electron chi connectivity index (χ1n) is 7.02. The van der Waals surface area contributed by atoms with E-state index in [0.717, 1.165) is 24.0 Å². The lowest BCUT2D eigenvalue weighted by atomic mass is 9.93. The van der Waals surface area contributed by atoms with Gasteiger partial charge in [0, 0.05) is 11.6 Å².